The normalized spacial score (nSPS) is 17.4. The van der Waals surface area contributed by atoms with E-state index in [1.807, 2.05) is 0 Å². The minimum absolute atomic E-state index is 0.243. The van der Waals surface area contributed by atoms with Gasteiger partial charge in [0.2, 0.25) is 5.91 Å². The van der Waals surface area contributed by atoms with Crippen LogP contribution in [0, 0.1) is 11.6 Å². The Kier molecular flexibility index (Phi) is 4.06. The number of hydrogen-bond donors (Lipinski definition) is 1. The van der Waals surface area contributed by atoms with Crippen LogP contribution in [-0.2, 0) is 4.79 Å². The van der Waals surface area contributed by atoms with Crippen molar-refractivity contribution >= 4 is 17.5 Å². The number of halogens is 2. The van der Waals surface area contributed by atoms with E-state index in [1.54, 1.807) is 0 Å². The third-order valence-electron chi connectivity index (χ3n) is 3.76. The maximum absolute atomic E-state index is 12.9. The summed E-state index contributed by atoms with van der Waals surface area (Å²) in [5, 5.41) is 2.65. The van der Waals surface area contributed by atoms with Gasteiger partial charge in [0.1, 0.15) is 17.7 Å². The molecule has 2 amide bonds. The Balaban J connectivity index is 1.68. The lowest BCUT2D eigenvalue weighted by atomic mass is 10.2. The predicted molar refractivity (Wildman–Crippen MR) is 81.0 cm³/mol. The molecule has 6 heteroatoms. The highest BCUT2D eigenvalue weighted by Crippen LogP contribution is 2.22. The third-order valence-corrected chi connectivity index (χ3v) is 3.76. The Morgan fingerprint density at radius 2 is 1.57 bits per heavy atom. The van der Waals surface area contributed by atoms with E-state index in [1.165, 1.54) is 53.4 Å². The van der Waals surface area contributed by atoms with E-state index in [4.69, 9.17) is 0 Å². The van der Waals surface area contributed by atoms with E-state index < -0.39 is 17.8 Å². The third kappa shape index (κ3) is 3.21. The first-order valence-corrected chi connectivity index (χ1v) is 7.18. The minimum Gasteiger partial charge on any atom is -0.340 e. The molecule has 2 aromatic carbocycles. The molecule has 118 valence electrons. The first-order chi connectivity index (χ1) is 11.0. The predicted octanol–water partition coefficient (Wildman–Crippen LogP) is 2.50. The number of amides is 2. The Morgan fingerprint density at radius 3 is 2.17 bits per heavy atom. The van der Waals surface area contributed by atoms with Gasteiger partial charge in [-0.15, -0.1) is 0 Å². The fraction of sp³-hybridized carbons (Fsp3) is 0.176. The van der Waals surface area contributed by atoms with Gasteiger partial charge < -0.3 is 10.2 Å². The average Bonchev–Trinajstić information content (AvgIpc) is 2.90. The molecule has 1 fully saturated rings. The van der Waals surface area contributed by atoms with Gasteiger partial charge in [0.05, 0.1) is 0 Å². The van der Waals surface area contributed by atoms with Gasteiger partial charge in [-0.1, -0.05) is 0 Å². The summed E-state index contributed by atoms with van der Waals surface area (Å²) in [7, 11) is 0. The van der Waals surface area contributed by atoms with Crippen molar-refractivity contribution in [2.45, 2.75) is 12.5 Å². The van der Waals surface area contributed by atoms with E-state index in [-0.39, 0.29) is 11.7 Å². The van der Waals surface area contributed by atoms with Crippen LogP contribution in [0.3, 0.4) is 0 Å². The molecule has 0 spiro atoms. The second-order valence-electron chi connectivity index (χ2n) is 5.29. The van der Waals surface area contributed by atoms with Crippen molar-refractivity contribution in [3.05, 3.63) is 65.7 Å². The van der Waals surface area contributed by atoms with Crippen molar-refractivity contribution in [1.29, 1.82) is 0 Å². The fourth-order valence-electron chi connectivity index (χ4n) is 2.53. The summed E-state index contributed by atoms with van der Waals surface area (Å²) in [6, 6.07) is 10.1. The highest BCUT2D eigenvalue weighted by atomic mass is 19.1. The molecule has 23 heavy (non-hydrogen) atoms. The summed E-state index contributed by atoms with van der Waals surface area (Å²) in [5.41, 5.74) is 0.884. The van der Waals surface area contributed by atoms with Crippen LogP contribution in [0.1, 0.15) is 16.8 Å². The standard InChI is InChI=1S/C17H14F2N2O2/c18-12-3-1-11(2-4-12)16(22)20-15-9-10-21(17(15)23)14-7-5-13(19)6-8-14/h1-8,15H,9-10H2,(H,20,22)/t15-/m0/s1. The molecule has 1 heterocycles. The average molecular weight is 316 g/mol. The van der Waals surface area contributed by atoms with Gasteiger partial charge in [-0.3, -0.25) is 9.59 Å². The Bertz CT molecular complexity index is 729. The topological polar surface area (TPSA) is 49.4 Å². The van der Waals surface area contributed by atoms with Crippen LogP contribution in [-0.4, -0.2) is 24.4 Å². The molecule has 4 nitrogen and oxygen atoms in total. The van der Waals surface area contributed by atoms with Crippen molar-refractivity contribution in [1.82, 2.24) is 5.32 Å². The molecule has 0 aliphatic carbocycles. The molecule has 2 aromatic rings. The molecule has 1 aliphatic rings. The second kappa shape index (κ2) is 6.16. The number of anilines is 1. The Hall–Kier alpha value is -2.76. The summed E-state index contributed by atoms with van der Waals surface area (Å²) in [5.74, 6) is -1.47. The van der Waals surface area contributed by atoms with Crippen LogP contribution in [0.2, 0.25) is 0 Å². The lowest BCUT2D eigenvalue weighted by molar-refractivity contribution is -0.118. The molecule has 1 saturated heterocycles. The molecule has 0 radical (unpaired) electrons. The molecule has 0 unspecified atom stereocenters. The van der Waals surface area contributed by atoms with E-state index in [9.17, 15) is 18.4 Å². The monoisotopic (exact) mass is 316 g/mol. The highest BCUT2D eigenvalue weighted by molar-refractivity contribution is 6.03. The largest absolute Gasteiger partial charge is 0.340 e. The highest BCUT2D eigenvalue weighted by Gasteiger charge is 2.33. The van der Waals surface area contributed by atoms with Crippen LogP contribution in [0.4, 0.5) is 14.5 Å². The van der Waals surface area contributed by atoms with Crippen LogP contribution in [0.25, 0.3) is 0 Å². The second-order valence-corrected chi connectivity index (χ2v) is 5.29. The number of nitrogens with zero attached hydrogens (tertiary/aromatic N) is 1. The van der Waals surface area contributed by atoms with Gasteiger partial charge in [0, 0.05) is 17.8 Å². The molecule has 3 rings (SSSR count). The molecule has 0 bridgehead atoms. The van der Waals surface area contributed by atoms with Crippen LogP contribution >= 0.6 is 0 Å². The van der Waals surface area contributed by atoms with Crippen molar-refractivity contribution in [3.8, 4) is 0 Å². The van der Waals surface area contributed by atoms with Gasteiger partial charge in [-0.05, 0) is 55.0 Å². The molecule has 0 saturated carbocycles. The quantitative estimate of drug-likeness (QED) is 0.946. The van der Waals surface area contributed by atoms with Gasteiger partial charge >= 0.3 is 0 Å². The SMILES string of the molecule is O=C(N[C@H]1CCN(c2ccc(F)cc2)C1=O)c1ccc(F)cc1. The summed E-state index contributed by atoms with van der Waals surface area (Å²) in [4.78, 5) is 26.0. The summed E-state index contributed by atoms with van der Waals surface area (Å²) in [6.45, 7) is 0.443. The molecule has 1 N–H and O–H groups in total. The van der Waals surface area contributed by atoms with Crippen molar-refractivity contribution < 1.29 is 18.4 Å². The molecular weight excluding hydrogens is 302 g/mol. The van der Waals surface area contributed by atoms with Crippen molar-refractivity contribution in [3.63, 3.8) is 0 Å². The number of hydrogen-bond acceptors (Lipinski definition) is 2. The zero-order chi connectivity index (χ0) is 16.4. The number of rotatable bonds is 3. The smallest absolute Gasteiger partial charge is 0.251 e. The number of nitrogens with one attached hydrogen (secondary N) is 1. The minimum atomic E-state index is -0.641. The lowest BCUT2D eigenvalue weighted by Gasteiger charge is -2.17. The number of benzene rings is 2. The zero-order valence-corrected chi connectivity index (χ0v) is 12.1. The maximum atomic E-state index is 12.9. The summed E-state index contributed by atoms with van der Waals surface area (Å²) in [6.07, 6.45) is 0.461. The molecule has 1 atom stereocenters. The van der Waals surface area contributed by atoms with E-state index in [0.717, 1.165) is 0 Å². The van der Waals surface area contributed by atoms with Crippen LogP contribution < -0.4 is 10.2 Å². The summed E-state index contributed by atoms with van der Waals surface area (Å²) < 4.78 is 25.8. The first-order valence-electron chi connectivity index (χ1n) is 7.18. The van der Waals surface area contributed by atoms with E-state index >= 15 is 0 Å². The zero-order valence-electron chi connectivity index (χ0n) is 12.1. The van der Waals surface area contributed by atoms with Crippen LogP contribution in [0.15, 0.2) is 48.5 Å². The van der Waals surface area contributed by atoms with Gasteiger partial charge in [-0.2, -0.15) is 0 Å². The van der Waals surface area contributed by atoms with Gasteiger partial charge in [0.25, 0.3) is 5.91 Å². The number of carbonyl (C=O) groups is 2. The first kappa shape index (κ1) is 15.1. The number of carbonyl (C=O) groups excluding carboxylic acids is 2. The Morgan fingerprint density at radius 1 is 1.00 bits per heavy atom. The van der Waals surface area contributed by atoms with Gasteiger partial charge in [0.15, 0.2) is 0 Å². The van der Waals surface area contributed by atoms with E-state index in [2.05, 4.69) is 5.32 Å². The maximum Gasteiger partial charge on any atom is 0.251 e. The fourth-order valence-corrected chi connectivity index (χ4v) is 2.53. The lowest BCUT2D eigenvalue weighted by Crippen LogP contribution is -2.41. The van der Waals surface area contributed by atoms with E-state index in [0.29, 0.717) is 24.2 Å². The van der Waals surface area contributed by atoms with Crippen LogP contribution in [0.5, 0.6) is 0 Å². The molecule has 0 aromatic heterocycles. The Labute approximate surface area is 131 Å². The van der Waals surface area contributed by atoms with Crippen molar-refractivity contribution in [2.24, 2.45) is 0 Å². The summed E-state index contributed by atoms with van der Waals surface area (Å²) >= 11 is 0. The van der Waals surface area contributed by atoms with Gasteiger partial charge in [-0.25, -0.2) is 8.78 Å². The molecule has 1 aliphatic heterocycles. The molecular formula is C17H14F2N2O2. The van der Waals surface area contributed by atoms with Crippen molar-refractivity contribution in [2.75, 3.05) is 11.4 Å².